The molecule has 8 nitrogen and oxygen atoms in total. The maximum absolute atomic E-state index is 13.2. The van der Waals surface area contributed by atoms with Gasteiger partial charge in [0.05, 0.1) is 0 Å². The summed E-state index contributed by atoms with van der Waals surface area (Å²) in [5, 5.41) is 5.82. The predicted octanol–water partition coefficient (Wildman–Crippen LogP) is 3.78. The maximum Gasteiger partial charge on any atom is 0.252 e. The molecule has 10 heteroatoms. The number of Topliss-reactive ketones (excluding diaryl/α,β-unsaturated/α-hetero) is 1. The van der Waals surface area contributed by atoms with Crippen molar-refractivity contribution in [3.05, 3.63) is 47.2 Å². The quantitative estimate of drug-likeness (QED) is 0.504. The van der Waals surface area contributed by atoms with Crippen molar-refractivity contribution in [3.8, 4) is 11.4 Å². The second-order valence-electron chi connectivity index (χ2n) is 8.23. The summed E-state index contributed by atoms with van der Waals surface area (Å²) in [6.45, 7) is 3.52. The van der Waals surface area contributed by atoms with Crippen LogP contribution in [0.5, 0.6) is 0 Å². The lowest BCUT2D eigenvalue weighted by atomic mass is 9.85. The second kappa shape index (κ2) is 8.42. The number of aromatic nitrogens is 2. The van der Waals surface area contributed by atoms with E-state index in [9.17, 15) is 13.2 Å². The number of piperazine rings is 1. The van der Waals surface area contributed by atoms with Crippen LogP contribution in [0.2, 0.25) is 0 Å². The summed E-state index contributed by atoms with van der Waals surface area (Å²) in [5.41, 5.74) is 2.33. The largest absolute Gasteiger partial charge is 0.369 e. The fraction of sp³-hybridized carbons (Fsp3) is 0.409. The zero-order valence-corrected chi connectivity index (χ0v) is 19.4. The molecule has 2 aliphatic rings. The molecule has 0 unspecified atom stereocenters. The van der Waals surface area contributed by atoms with Crippen LogP contribution in [0.4, 0.5) is 5.69 Å². The normalized spacial score (nSPS) is 18.0. The minimum atomic E-state index is -3.58. The van der Waals surface area contributed by atoms with Crippen molar-refractivity contribution in [2.24, 2.45) is 0 Å². The summed E-state index contributed by atoms with van der Waals surface area (Å²) in [7, 11) is -3.58. The lowest BCUT2D eigenvalue weighted by Crippen LogP contribution is -2.48. The Balaban J connectivity index is 1.25. The van der Waals surface area contributed by atoms with Crippen LogP contribution in [0.25, 0.3) is 11.4 Å². The Kier molecular flexibility index (Phi) is 5.60. The summed E-state index contributed by atoms with van der Waals surface area (Å²) < 4.78 is 33.5. The highest BCUT2D eigenvalue weighted by atomic mass is 32.2. The van der Waals surface area contributed by atoms with E-state index in [-0.39, 0.29) is 5.78 Å². The highest BCUT2D eigenvalue weighted by molar-refractivity contribution is 7.91. The van der Waals surface area contributed by atoms with E-state index < -0.39 is 10.0 Å². The number of hydrogen-bond donors (Lipinski definition) is 0. The average molecular weight is 473 g/mol. The van der Waals surface area contributed by atoms with E-state index in [0.717, 1.165) is 18.5 Å². The zero-order valence-electron chi connectivity index (χ0n) is 17.7. The van der Waals surface area contributed by atoms with Crippen LogP contribution < -0.4 is 4.90 Å². The molecule has 0 amide bonds. The minimum Gasteiger partial charge on any atom is -0.369 e. The molecule has 1 aromatic carbocycles. The van der Waals surface area contributed by atoms with Gasteiger partial charge < -0.3 is 9.42 Å². The first-order valence-electron chi connectivity index (χ1n) is 10.7. The van der Waals surface area contributed by atoms with Gasteiger partial charge in [-0.05, 0) is 50.1 Å². The van der Waals surface area contributed by atoms with E-state index >= 15 is 0 Å². The Morgan fingerprint density at radius 2 is 1.84 bits per heavy atom. The summed E-state index contributed by atoms with van der Waals surface area (Å²) in [6, 6.07) is 9.08. The molecule has 5 rings (SSSR count). The van der Waals surface area contributed by atoms with Crippen LogP contribution in [0.1, 0.15) is 48.4 Å². The third-order valence-electron chi connectivity index (χ3n) is 6.20. The number of anilines is 1. The molecular weight excluding hydrogens is 448 g/mol. The number of nitrogens with zero attached hydrogens (tertiary/aromatic N) is 4. The molecule has 1 aliphatic heterocycles. The number of benzene rings is 1. The zero-order chi connectivity index (χ0) is 22.3. The first-order valence-corrected chi connectivity index (χ1v) is 13.0. The van der Waals surface area contributed by atoms with E-state index in [4.69, 9.17) is 4.52 Å². The SMILES string of the molecule is CC(=O)c1ccc(N2CCN(S(=O)(=O)c3cc(-c4noc(C5CCC5)n4)cs3)CC2)cc1. The number of carbonyl (C=O) groups is 1. The number of rotatable bonds is 6. The van der Waals surface area contributed by atoms with Crippen LogP contribution in [-0.2, 0) is 10.0 Å². The van der Waals surface area contributed by atoms with Crippen LogP contribution in [0.15, 0.2) is 44.4 Å². The molecule has 0 spiro atoms. The van der Waals surface area contributed by atoms with Gasteiger partial charge in [-0.15, -0.1) is 11.3 Å². The van der Waals surface area contributed by atoms with Crippen LogP contribution in [0, 0.1) is 0 Å². The fourth-order valence-corrected chi connectivity index (χ4v) is 6.70. The lowest BCUT2D eigenvalue weighted by Gasteiger charge is -2.35. The standard InChI is InChI=1S/C22H24N4O4S2/c1-15(27)16-5-7-19(8-6-16)25-9-11-26(12-10-25)32(28,29)20-13-18(14-31-20)21-23-22(30-24-21)17-3-2-4-17/h5-8,13-14,17H,2-4,9-12H2,1H3. The van der Waals surface area contributed by atoms with Gasteiger partial charge >= 0.3 is 0 Å². The molecule has 168 valence electrons. The molecule has 0 radical (unpaired) electrons. The van der Waals surface area contributed by atoms with Gasteiger partial charge in [-0.2, -0.15) is 9.29 Å². The lowest BCUT2D eigenvalue weighted by molar-refractivity contribution is 0.101. The summed E-state index contributed by atoms with van der Waals surface area (Å²) in [4.78, 5) is 18.1. The van der Waals surface area contributed by atoms with Gasteiger partial charge in [0, 0.05) is 54.3 Å². The smallest absolute Gasteiger partial charge is 0.252 e. The number of hydrogen-bond acceptors (Lipinski definition) is 8. The topological polar surface area (TPSA) is 96.6 Å². The molecule has 0 N–H and O–H groups in total. The Morgan fingerprint density at radius 3 is 2.47 bits per heavy atom. The van der Waals surface area contributed by atoms with E-state index in [1.807, 2.05) is 24.3 Å². The van der Waals surface area contributed by atoms with E-state index in [2.05, 4.69) is 15.0 Å². The highest BCUT2D eigenvalue weighted by Gasteiger charge is 2.31. The van der Waals surface area contributed by atoms with Crippen molar-refractivity contribution in [1.29, 1.82) is 0 Å². The monoisotopic (exact) mass is 472 g/mol. The minimum absolute atomic E-state index is 0.0304. The second-order valence-corrected chi connectivity index (χ2v) is 11.3. The van der Waals surface area contributed by atoms with Crippen molar-refractivity contribution in [2.75, 3.05) is 31.1 Å². The number of thiophene rings is 1. The first-order chi connectivity index (χ1) is 15.4. The van der Waals surface area contributed by atoms with Crippen molar-refractivity contribution >= 4 is 32.8 Å². The molecule has 0 bridgehead atoms. The van der Waals surface area contributed by atoms with Gasteiger partial charge in [-0.1, -0.05) is 11.6 Å². The van der Waals surface area contributed by atoms with Gasteiger partial charge in [-0.25, -0.2) is 8.42 Å². The van der Waals surface area contributed by atoms with Gasteiger partial charge in [-0.3, -0.25) is 4.79 Å². The Morgan fingerprint density at radius 1 is 1.12 bits per heavy atom. The van der Waals surface area contributed by atoms with Gasteiger partial charge in [0.1, 0.15) is 4.21 Å². The molecule has 1 saturated carbocycles. The van der Waals surface area contributed by atoms with Crippen molar-refractivity contribution in [3.63, 3.8) is 0 Å². The summed E-state index contributed by atoms with van der Waals surface area (Å²) in [6.07, 6.45) is 3.32. The highest BCUT2D eigenvalue weighted by Crippen LogP contribution is 2.37. The van der Waals surface area contributed by atoms with Crippen molar-refractivity contribution in [1.82, 2.24) is 14.4 Å². The molecule has 32 heavy (non-hydrogen) atoms. The van der Waals surface area contributed by atoms with E-state index in [1.165, 1.54) is 22.1 Å². The van der Waals surface area contributed by atoms with E-state index in [1.54, 1.807) is 18.4 Å². The molecule has 2 fully saturated rings. The summed E-state index contributed by atoms with van der Waals surface area (Å²) in [5.74, 6) is 1.47. The molecule has 1 aliphatic carbocycles. The third-order valence-corrected chi connectivity index (χ3v) is 9.52. The molecule has 0 atom stereocenters. The van der Waals surface area contributed by atoms with Crippen molar-refractivity contribution in [2.45, 2.75) is 36.3 Å². The predicted molar refractivity (Wildman–Crippen MR) is 122 cm³/mol. The van der Waals surface area contributed by atoms with E-state index in [0.29, 0.717) is 59.1 Å². The van der Waals surface area contributed by atoms with Crippen LogP contribution in [0.3, 0.4) is 0 Å². The summed E-state index contributed by atoms with van der Waals surface area (Å²) >= 11 is 1.19. The molecular formula is C22H24N4O4S2. The first kappa shape index (κ1) is 21.3. The molecule has 3 aromatic rings. The molecule has 2 aromatic heterocycles. The Hall–Kier alpha value is -2.56. The molecule has 1 saturated heterocycles. The number of carbonyl (C=O) groups excluding carboxylic acids is 1. The number of sulfonamides is 1. The Bertz CT molecular complexity index is 1220. The maximum atomic E-state index is 13.2. The molecule has 3 heterocycles. The van der Waals surface area contributed by atoms with Gasteiger partial charge in [0.15, 0.2) is 5.78 Å². The fourth-order valence-electron chi connectivity index (χ4n) is 3.96. The third kappa shape index (κ3) is 3.98. The van der Waals surface area contributed by atoms with Crippen LogP contribution >= 0.6 is 11.3 Å². The van der Waals surface area contributed by atoms with Gasteiger partial charge in [0.2, 0.25) is 11.7 Å². The average Bonchev–Trinajstić information content (AvgIpc) is 3.43. The van der Waals surface area contributed by atoms with Gasteiger partial charge in [0.25, 0.3) is 10.0 Å². The van der Waals surface area contributed by atoms with Crippen LogP contribution in [-0.4, -0.2) is 54.8 Å². The Labute approximate surface area is 190 Å². The number of ketones is 1. The van der Waals surface area contributed by atoms with Crippen molar-refractivity contribution < 1.29 is 17.7 Å².